The van der Waals surface area contributed by atoms with Gasteiger partial charge in [-0.2, -0.15) is 0 Å². The SMILES string of the molecule is Nc1ccc(Cc2nccn2Cc2ccc(F)c(F)c2F)cc1. The first-order chi connectivity index (χ1) is 11.0. The monoisotopic (exact) mass is 317 g/mol. The molecule has 0 unspecified atom stereocenters. The molecule has 0 aliphatic rings. The van der Waals surface area contributed by atoms with Crippen molar-refractivity contribution in [3.05, 3.63) is 83.2 Å². The third kappa shape index (κ3) is 3.21. The van der Waals surface area contributed by atoms with Gasteiger partial charge in [0.2, 0.25) is 0 Å². The van der Waals surface area contributed by atoms with E-state index in [4.69, 9.17) is 5.73 Å². The third-order valence-electron chi connectivity index (χ3n) is 3.60. The lowest BCUT2D eigenvalue weighted by Gasteiger charge is -2.10. The second-order valence-electron chi connectivity index (χ2n) is 5.22. The third-order valence-corrected chi connectivity index (χ3v) is 3.60. The van der Waals surface area contributed by atoms with Crippen molar-refractivity contribution >= 4 is 5.69 Å². The smallest absolute Gasteiger partial charge is 0.194 e. The fraction of sp³-hybridized carbons (Fsp3) is 0.118. The second-order valence-corrected chi connectivity index (χ2v) is 5.22. The van der Waals surface area contributed by atoms with Crippen LogP contribution in [0.4, 0.5) is 18.9 Å². The topological polar surface area (TPSA) is 43.8 Å². The maximum Gasteiger partial charge on any atom is 0.194 e. The Balaban J connectivity index is 1.84. The highest BCUT2D eigenvalue weighted by molar-refractivity contribution is 5.40. The molecule has 118 valence electrons. The molecule has 23 heavy (non-hydrogen) atoms. The van der Waals surface area contributed by atoms with Crippen LogP contribution in [0.1, 0.15) is 17.0 Å². The lowest BCUT2D eigenvalue weighted by molar-refractivity contribution is 0.439. The summed E-state index contributed by atoms with van der Waals surface area (Å²) in [6, 6.07) is 9.50. The maximum atomic E-state index is 13.8. The summed E-state index contributed by atoms with van der Waals surface area (Å²) in [4.78, 5) is 4.24. The van der Waals surface area contributed by atoms with E-state index in [0.717, 1.165) is 11.6 Å². The Morgan fingerprint density at radius 2 is 1.70 bits per heavy atom. The molecule has 1 aromatic heterocycles. The first kappa shape index (κ1) is 15.1. The summed E-state index contributed by atoms with van der Waals surface area (Å²) in [5.74, 6) is -3.13. The van der Waals surface area contributed by atoms with E-state index >= 15 is 0 Å². The van der Waals surface area contributed by atoms with Crippen LogP contribution in [0.5, 0.6) is 0 Å². The molecule has 3 nitrogen and oxygen atoms in total. The van der Waals surface area contributed by atoms with Crippen molar-refractivity contribution in [3.63, 3.8) is 0 Å². The number of hydrogen-bond donors (Lipinski definition) is 1. The molecule has 2 aromatic carbocycles. The quantitative estimate of drug-likeness (QED) is 0.591. The zero-order chi connectivity index (χ0) is 16.4. The Morgan fingerprint density at radius 3 is 2.43 bits per heavy atom. The van der Waals surface area contributed by atoms with Crippen LogP contribution < -0.4 is 5.73 Å². The Kier molecular flexibility index (Phi) is 4.06. The average Bonchev–Trinajstić information content (AvgIpc) is 2.97. The summed E-state index contributed by atoms with van der Waals surface area (Å²) in [5.41, 5.74) is 7.38. The highest BCUT2D eigenvalue weighted by Gasteiger charge is 2.14. The van der Waals surface area contributed by atoms with Crippen molar-refractivity contribution in [2.24, 2.45) is 0 Å². The molecule has 2 N–H and O–H groups in total. The van der Waals surface area contributed by atoms with Crippen LogP contribution in [-0.4, -0.2) is 9.55 Å². The van der Waals surface area contributed by atoms with Crippen molar-refractivity contribution in [2.45, 2.75) is 13.0 Å². The second kappa shape index (κ2) is 6.16. The Labute approximate surface area is 131 Å². The number of halogens is 3. The zero-order valence-electron chi connectivity index (χ0n) is 12.1. The molecule has 3 rings (SSSR count). The molecule has 0 aliphatic heterocycles. The molecular weight excluding hydrogens is 303 g/mol. The molecule has 0 saturated heterocycles. The van der Waals surface area contributed by atoms with Crippen LogP contribution in [0, 0.1) is 17.5 Å². The van der Waals surface area contributed by atoms with E-state index in [1.165, 1.54) is 6.07 Å². The Hall–Kier alpha value is -2.76. The van der Waals surface area contributed by atoms with E-state index < -0.39 is 17.5 Å². The van der Waals surface area contributed by atoms with Gasteiger partial charge in [0.05, 0.1) is 6.54 Å². The predicted octanol–water partition coefficient (Wildman–Crippen LogP) is 3.52. The molecule has 0 radical (unpaired) electrons. The normalized spacial score (nSPS) is 10.9. The zero-order valence-corrected chi connectivity index (χ0v) is 12.1. The molecular formula is C17H14F3N3. The van der Waals surface area contributed by atoms with Crippen LogP contribution in [0.15, 0.2) is 48.8 Å². The van der Waals surface area contributed by atoms with Gasteiger partial charge in [0, 0.05) is 30.1 Å². The minimum atomic E-state index is -1.46. The van der Waals surface area contributed by atoms with Gasteiger partial charge in [0.25, 0.3) is 0 Å². The summed E-state index contributed by atoms with van der Waals surface area (Å²) < 4.78 is 41.8. The van der Waals surface area contributed by atoms with E-state index in [1.54, 1.807) is 29.1 Å². The number of nitrogens with two attached hydrogens (primary N) is 1. The molecule has 0 saturated carbocycles. The molecule has 0 spiro atoms. The Bertz CT molecular complexity index is 826. The van der Waals surface area contributed by atoms with Gasteiger partial charge in [-0.05, 0) is 23.8 Å². The van der Waals surface area contributed by atoms with Crippen molar-refractivity contribution in [3.8, 4) is 0 Å². The van der Waals surface area contributed by atoms with E-state index in [2.05, 4.69) is 4.98 Å². The highest BCUT2D eigenvalue weighted by Crippen LogP contribution is 2.18. The Morgan fingerprint density at radius 1 is 0.957 bits per heavy atom. The van der Waals surface area contributed by atoms with Crippen molar-refractivity contribution in [1.29, 1.82) is 0 Å². The van der Waals surface area contributed by atoms with Gasteiger partial charge < -0.3 is 10.3 Å². The molecule has 1 heterocycles. The molecule has 6 heteroatoms. The maximum absolute atomic E-state index is 13.8. The van der Waals surface area contributed by atoms with E-state index in [9.17, 15) is 13.2 Å². The number of anilines is 1. The van der Waals surface area contributed by atoms with Gasteiger partial charge in [0.1, 0.15) is 5.82 Å². The number of nitrogen functional groups attached to an aromatic ring is 1. The van der Waals surface area contributed by atoms with E-state index in [-0.39, 0.29) is 12.1 Å². The summed E-state index contributed by atoms with van der Waals surface area (Å²) in [5, 5.41) is 0. The molecule has 0 amide bonds. The summed E-state index contributed by atoms with van der Waals surface area (Å²) in [6.45, 7) is 0.0767. The minimum Gasteiger partial charge on any atom is -0.399 e. The number of hydrogen-bond acceptors (Lipinski definition) is 2. The van der Waals surface area contributed by atoms with Gasteiger partial charge in [-0.3, -0.25) is 0 Å². The fourth-order valence-corrected chi connectivity index (χ4v) is 2.34. The van der Waals surface area contributed by atoms with E-state index in [0.29, 0.717) is 17.9 Å². The molecule has 0 atom stereocenters. The number of aromatic nitrogens is 2. The van der Waals surface area contributed by atoms with E-state index in [1.807, 2.05) is 12.1 Å². The van der Waals surface area contributed by atoms with Crippen molar-refractivity contribution < 1.29 is 13.2 Å². The van der Waals surface area contributed by atoms with Gasteiger partial charge in [-0.25, -0.2) is 18.2 Å². The van der Waals surface area contributed by atoms with Crippen LogP contribution in [-0.2, 0) is 13.0 Å². The summed E-state index contributed by atoms with van der Waals surface area (Å²) in [7, 11) is 0. The molecule has 3 aromatic rings. The summed E-state index contributed by atoms with van der Waals surface area (Å²) >= 11 is 0. The van der Waals surface area contributed by atoms with Gasteiger partial charge in [-0.15, -0.1) is 0 Å². The number of rotatable bonds is 4. The largest absolute Gasteiger partial charge is 0.399 e. The average molecular weight is 317 g/mol. The fourth-order valence-electron chi connectivity index (χ4n) is 2.34. The molecule has 0 aliphatic carbocycles. The van der Waals surface area contributed by atoms with Crippen LogP contribution in [0.25, 0.3) is 0 Å². The first-order valence-electron chi connectivity index (χ1n) is 7.01. The number of imidazole rings is 1. The van der Waals surface area contributed by atoms with Gasteiger partial charge in [0.15, 0.2) is 17.5 Å². The number of benzene rings is 2. The van der Waals surface area contributed by atoms with Crippen molar-refractivity contribution in [2.75, 3.05) is 5.73 Å². The van der Waals surface area contributed by atoms with Crippen LogP contribution in [0.3, 0.4) is 0 Å². The molecule has 0 fully saturated rings. The molecule has 0 bridgehead atoms. The number of nitrogens with zero attached hydrogens (tertiary/aromatic N) is 2. The lowest BCUT2D eigenvalue weighted by Crippen LogP contribution is -2.08. The summed E-state index contributed by atoms with van der Waals surface area (Å²) in [6.07, 6.45) is 3.79. The first-order valence-corrected chi connectivity index (χ1v) is 7.01. The van der Waals surface area contributed by atoms with Crippen molar-refractivity contribution in [1.82, 2.24) is 9.55 Å². The standard InChI is InChI=1S/C17H14F3N3/c18-14-6-3-12(16(19)17(14)20)10-23-8-7-22-15(23)9-11-1-4-13(21)5-2-11/h1-8H,9-10,21H2. The lowest BCUT2D eigenvalue weighted by atomic mass is 10.1. The van der Waals surface area contributed by atoms with Crippen LogP contribution in [0.2, 0.25) is 0 Å². The highest BCUT2D eigenvalue weighted by atomic mass is 19.2. The predicted molar refractivity (Wildman–Crippen MR) is 81.3 cm³/mol. The van der Waals surface area contributed by atoms with Gasteiger partial charge >= 0.3 is 0 Å². The van der Waals surface area contributed by atoms with Gasteiger partial charge in [-0.1, -0.05) is 18.2 Å². The van der Waals surface area contributed by atoms with Crippen LogP contribution >= 0.6 is 0 Å². The minimum absolute atomic E-state index is 0.0699.